The van der Waals surface area contributed by atoms with E-state index in [1.54, 1.807) is 0 Å². The number of hydrogen-bond acceptors (Lipinski definition) is 2. The Labute approximate surface area is 121 Å². The molecule has 2 N–H and O–H groups in total. The van der Waals surface area contributed by atoms with Gasteiger partial charge in [0.2, 0.25) is 0 Å². The molecule has 0 aromatic carbocycles. The van der Waals surface area contributed by atoms with Gasteiger partial charge in [0.05, 0.1) is 6.61 Å². The number of unbranched alkanes of at least 4 members (excludes halogenated alkanes) is 9. The average molecular weight is 271 g/mol. The van der Waals surface area contributed by atoms with Crippen LogP contribution in [-0.2, 0) is 0 Å². The summed E-state index contributed by atoms with van der Waals surface area (Å²) in [5.41, 5.74) is -0.0702. The van der Waals surface area contributed by atoms with Gasteiger partial charge in [-0.2, -0.15) is 0 Å². The van der Waals surface area contributed by atoms with E-state index in [4.69, 9.17) is 0 Å². The fourth-order valence-electron chi connectivity index (χ4n) is 2.30. The molecule has 19 heavy (non-hydrogen) atoms. The predicted molar refractivity (Wildman–Crippen MR) is 85.6 cm³/mol. The maximum atomic E-state index is 9.28. The molecule has 0 spiro atoms. The van der Waals surface area contributed by atoms with Crippen LogP contribution in [0.5, 0.6) is 0 Å². The molecule has 0 saturated carbocycles. The minimum Gasteiger partial charge on any atom is -0.394 e. The number of hydrogen-bond donors (Lipinski definition) is 2. The van der Waals surface area contributed by atoms with Crippen LogP contribution in [0.25, 0.3) is 0 Å². The van der Waals surface area contributed by atoms with Crippen LogP contribution in [-0.4, -0.2) is 23.8 Å². The molecule has 0 heterocycles. The Bertz CT molecular complexity index is 178. The summed E-state index contributed by atoms with van der Waals surface area (Å²) in [6, 6.07) is 0. The van der Waals surface area contributed by atoms with Crippen LogP contribution in [0.4, 0.5) is 0 Å². The third-order valence-electron chi connectivity index (χ3n) is 4.21. The lowest BCUT2D eigenvalue weighted by Crippen LogP contribution is -2.45. The van der Waals surface area contributed by atoms with E-state index >= 15 is 0 Å². The summed E-state index contributed by atoms with van der Waals surface area (Å²) >= 11 is 0. The molecule has 2 nitrogen and oxygen atoms in total. The van der Waals surface area contributed by atoms with E-state index in [2.05, 4.69) is 26.1 Å². The first-order chi connectivity index (χ1) is 9.18. The van der Waals surface area contributed by atoms with Crippen molar-refractivity contribution >= 4 is 0 Å². The SMILES string of the molecule is CCCCCCCCCCCCNC(C)(CC)CO. The molecule has 0 amide bonds. The maximum absolute atomic E-state index is 9.28. The van der Waals surface area contributed by atoms with Gasteiger partial charge in [0.1, 0.15) is 0 Å². The van der Waals surface area contributed by atoms with Crippen molar-refractivity contribution in [1.29, 1.82) is 0 Å². The van der Waals surface area contributed by atoms with Crippen molar-refractivity contribution in [2.24, 2.45) is 0 Å². The minimum atomic E-state index is -0.0702. The highest BCUT2D eigenvalue weighted by Gasteiger charge is 2.18. The summed E-state index contributed by atoms with van der Waals surface area (Å²) in [5, 5.41) is 12.8. The second-order valence-corrected chi connectivity index (χ2v) is 6.18. The highest BCUT2D eigenvalue weighted by atomic mass is 16.3. The van der Waals surface area contributed by atoms with Crippen LogP contribution >= 0.6 is 0 Å². The van der Waals surface area contributed by atoms with Gasteiger partial charge in [-0.15, -0.1) is 0 Å². The molecule has 0 aromatic rings. The standard InChI is InChI=1S/C17H37NO/c1-4-6-7-8-9-10-11-12-13-14-15-18-17(3,5-2)16-19/h18-19H,4-16H2,1-3H3. The van der Waals surface area contributed by atoms with Crippen LogP contribution in [0.3, 0.4) is 0 Å². The van der Waals surface area contributed by atoms with Gasteiger partial charge in [-0.05, 0) is 26.3 Å². The lowest BCUT2D eigenvalue weighted by molar-refractivity contribution is 0.170. The number of nitrogens with one attached hydrogen (secondary N) is 1. The van der Waals surface area contributed by atoms with Crippen molar-refractivity contribution < 1.29 is 5.11 Å². The Kier molecular flexibility index (Phi) is 12.9. The summed E-state index contributed by atoms with van der Waals surface area (Å²) in [7, 11) is 0. The first kappa shape index (κ1) is 18.9. The Morgan fingerprint density at radius 1 is 0.789 bits per heavy atom. The smallest absolute Gasteiger partial charge is 0.0610 e. The topological polar surface area (TPSA) is 32.3 Å². The Morgan fingerprint density at radius 2 is 1.26 bits per heavy atom. The molecule has 0 rings (SSSR count). The first-order valence-corrected chi connectivity index (χ1v) is 8.54. The molecule has 0 aliphatic heterocycles. The minimum absolute atomic E-state index is 0.0702. The second-order valence-electron chi connectivity index (χ2n) is 6.18. The Morgan fingerprint density at radius 3 is 1.68 bits per heavy atom. The fraction of sp³-hybridized carbons (Fsp3) is 1.00. The van der Waals surface area contributed by atoms with Gasteiger partial charge < -0.3 is 10.4 Å². The van der Waals surface area contributed by atoms with Crippen LogP contribution in [0.15, 0.2) is 0 Å². The molecule has 1 atom stereocenters. The summed E-state index contributed by atoms with van der Waals surface area (Å²) in [4.78, 5) is 0. The summed E-state index contributed by atoms with van der Waals surface area (Å²) in [6.07, 6.45) is 14.8. The zero-order chi connectivity index (χ0) is 14.4. The van der Waals surface area contributed by atoms with Crippen molar-refractivity contribution in [2.75, 3.05) is 13.2 Å². The third-order valence-corrected chi connectivity index (χ3v) is 4.21. The highest BCUT2D eigenvalue weighted by Crippen LogP contribution is 2.11. The normalized spacial score (nSPS) is 14.5. The van der Waals surface area contributed by atoms with Gasteiger partial charge in [-0.1, -0.05) is 71.6 Å². The van der Waals surface area contributed by atoms with Crippen LogP contribution in [0.1, 0.15) is 91.4 Å². The second kappa shape index (κ2) is 12.9. The van der Waals surface area contributed by atoms with Crippen LogP contribution < -0.4 is 5.32 Å². The number of aliphatic hydroxyl groups excluding tert-OH is 1. The molecule has 1 unspecified atom stereocenters. The number of aliphatic hydroxyl groups is 1. The zero-order valence-electron chi connectivity index (χ0n) is 13.6. The van der Waals surface area contributed by atoms with Crippen molar-refractivity contribution in [3.8, 4) is 0 Å². The van der Waals surface area contributed by atoms with Gasteiger partial charge in [-0.3, -0.25) is 0 Å². The van der Waals surface area contributed by atoms with Crippen molar-refractivity contribution in [2.45, 2.75) is 96.9 Å². The molecular formula is C17H37NO. The lowest BCUT2D eigenvalue weighted by Gasteiger charge is -2.27. The van der Waals surface area contributed by atoms with Gasteiger partial charge in [-0.25, -0.2) is 0 Å². The van der Waals surface area contributed by atoms with E-state index in [0.29, 0.717) is 0 Å². The third kappa shape index (κ3) is 11.4. The predicted octanol–water partition coefficient (Wildman–Crippen LogP) is 4.66. The van der Waals surface area contributed by atoms with E-state index in [9.17, 15) is 5.11 Å². The van der Waals surface area contributed by atoms with Gasteiger partial charge in [0.15, 0.2) is 0 Å². The van der Waals surface area contributed by atoms with Crippen LogP contribution in [0.2, 0.25) is 0 Å². The largest absolute Gasteiger partial charge is 0.394 e. The van der Waals surface area contributed by atoms with Gasteiger partial charge in [0.25, 0.3) is 0 Å². The van der Waals surface area contributed by atoms with Crippen molar-refractivity contribution in [1.82, 2.24) is 5.32 Å². The van der Waals surface area contributed by atoms with Crippen molar-refractivity contribution in [3.05, 3.63) is 0 Å². The maximum Gasteiger partial charge on any atom is 0.0610 e. The molecule has 0 bridgehead atoms. The van der Waals surface area contributed by atoms with E-state index in [1.165, 1.54) is 64.2 Å². The highest BCUT2D eigenvalue weighted by molar-refractivity contribution is 4.79. The number of rotatable bonds is 14. The first-order valence-electron chi connectivity index (χ1n) is 8.54. The van der Waals surface area contributed by atoms with Gasteiger partial charge in [0, 0.05) is 5.54 Å². The molecule has 116 valence electrons. The molecule has 0 aliphatic carbocycles. The molecule has 2 heteroatoms. The summed E-state index contributed by atoms with van der Waals surface area (Å²) in [5.74, 6) is 0. The summed E-state index contributed by atoms with van der Waals surface area (Å²) < 4.78 is 0. The van der Waals surface area contributed by atoms with E-state index in [1.807, 2.05) is 0 Å². The van der Waals surface area contributed by atoms with Crippen molar-refractivity contribution in [3.63, 3.8) is 0 Å². The van der Waals surface area contributed by atoms with E-state index in [-0.39, 0.29) is 12.1 Å². The fourth-order valence-corrected chi connectivity index (χ4v) is 2.30. The monoisotopic (exact) mass is 271 g/mol. The van der Waals surface area contributed by atoms with E-state index < -0.39 is 0 Å². The average Bonchev–Trinajstić information content (AvgIpc) is 2.44. The molecular weight excluding hydrogens is 234 g/mol. The quantitative estimate of drug-likeness (QED) is 0.450. The molecule has 0 fully saturated rings. The van der Waals surface area contributed by atoms with E-state index in [0.717, 1.165) is 13.0 Å². The summed E-state index contributed by atoms with van der Waals surface area (Å²) in [6.45, 7) is 7.78. The Balaban J connectivity index is 3.19. The molecule has 0 aliphatic rings. The molecule has 0 radical (unpaired) electrons. The lowest BCUT2D eigenvalue weighted by atomic mass is 10.00. The molecule has 0 saturated heterocycles. The Hall–Kier alpha value is -0.0800. The molecule has 0 aromatic heterocycles. The van der Waals surface area contributed by atoms with Gasteiger partial charge >= 0.3 is 0 Å². The zero-order valence-corrected chi connectivity index (χ0v) is 13.6. The van der Waals surface area contributed by atoms with Crippen LogP contribution in [0, 0.1) is 0 Å².